The van der Waals surface area contributed by atoms with Gasteiger partial charge in [-0.3, -0.25) is 9.69 Å². The van der Waals surface area contributed by atoms with Gasteiger partial charge in [-0.1, -0.05) is 6.07 Å². The van der Waals surface area contributed by atoms with E-state index in [2.05, 4.69) is 0 Å². The third-order valence-corrected chi connectivity index (χ3v) is 5.66. The molecule has 1 aromatic rings. The van der Waals surface area contributed by atoms with E-state index >= 15 is 0 Å². The number of alkyl halides is 3. The Hall–Kier alpha value is -2.39. The van der Waals surface area contributed by atoms with Gasteiger partial charge in [0.2, 0.25) is 5.91 Å². The second-order valence-corrected chi connectivity index (χ2v) is 9.21. The van der Waals surface area contributed by atoms with Gasteiger partial charge in [0.25, 0.3) is 0 Å². The van der Waals surface area contributed by atoms with E-state index in [1.54, 1.807) is 27.7 Å². The summed E-state index contributed by atoms with van der Waals surface area (Å²) in [5.74, 6) is -3.31. The van der Waals surface area contributed by atoms with E-state index in [1.165, 1.54) is 11.0 Å². The third-order valence-electron chi connectivity index (χ3n) is 5.66. The molecule has 0 bridgehead atoms. The van der Waals surface area contributed by atoms with Gasteiger partial charge in [-0.25, -0.2) is 13.6 Å². The molecule has 1 aromatic carbocycles. The third kappa shape index (κ3) is 4.48. The van der Waals surface area contributed by atoms with Crippen LogP contribution in [0.3, 0.4) is 0 Å². The van der Waals surface area contributed by atoms with E-state index in [1.807, 2.05) is 0 Å². The van der Waals surface area contributed by atoms with Crippen molar-refractivity contribution >= 4 is 12.0 Å². The zero-order valence-corrected chi connectivity index (χ0v) is 17.7. The van der Waals surface area contributed by atoms with Crippen LogP contribution in [0, 0.1) is 17.0 Å². The van der Waals surface area contributed by atoms with Crippen molar-refractivity contribution < 1.29 is 36.3 Å². The van der Waals surface area contributed by atoms with Crippen LogP contribution in [0.5, 0.6) is 0 Å². The van der Waals surface area contributed by atoms with Crippen LogP contribution in [0.4, 0.5) is 26.7 Å². The van der Waals surface area contributed by atoms with Crippen molar-refractivity contribution in [1.82, 2.24) is 9.80 Å². The highest BCUT2D eigenvalue weighted by atomic mass is 19.4. The van der Waals surface area contributed by atoms with Crippen molar-refractivity contribution in [3.63, 3.8) is 0 Å². The molecular formula is C21H25F5N2O3. The summed E-state index contributed by atoms with van der Waals surface area (Å²) in [4.78, 5) is 28.0. The maximum absolute atomic E-state index is 13.9. The summed E-state index contributed by atoms with van der Waals surface area (Å²) in [6.45, 7) is 6.10. The molecule has 2 fully saturated rings. The van der Waals surface area contributed by atoms with Crippen LogP contribution in [-0.4, -0.2) is 52.7 Å². The summed E-state index contributed by atoms with van der Waals surface area (Å²) in [5.41, 5.74) is -3.10. The topological polar surface area (TPSA) is 49.9 Å². The zero-order chi connectivity index (χ0) is 23.4. The molecule has 5 nitrogen and oxygen atoms in total. The Balaban J connectivity index is 1.95. The average Bonchev–Trinajstić information content (AvgIpc) is 3.44. The van der Waals surface area contributed by atoms with Crippen molar-refractivity contribution in [2.75, 3.05) is 13.1 Å². The number of piperazine rings is 1. The first-order valence-corrected chi connectivity index (χ1v) is 9.99. The molecule has 1 aliphatic carbocycles. The van der Waals surface area contributed by atoms with Gasteiger partial charge in [0.05, 0.1) is 6.04 Å². The zero-order valence-electron chi connectivity index (χ0n) is 17.7. The molecular weight excluding hydrogens is 423 g/mol. The number of hydrogen-bond donors (Lipinski definition) is 0. The predicted octanol–water partition coefficient (Wildman–Crippen LogP) is 4.82. The van der Waals surface area contributed by atoms with E-state index in [9.17, 15) is 31.5 Å². The number of halogens is 5. The highest BCUT2D eigenvalue weighted by Gasteiger charge is 2.70. The Kier molecular flexibility index (Phi) is 5.73. The Morgan fingerprint density at radius 3 is 2.13 bits per heavy atom. The lowest BCUT2D eigenvalue weighted by Gasteiger charge is -2.46. The van der Waals surface area contributed by atoms with Crippen molar-refractivity contribution in [3.8, 4) is 0 Å². The predicted molar refractivity (Wildman–Crippen MR) is 101 cm³/mol. The molecule has 2 aliphatic rings. The van der Waals surface area contributed by atoms with E-state index in [0.29, 0.717) is 0 Å². The number of rotatable bonds is 2. The molecule has 1 aliphatic heterocycles. The monoisotopic (exact) mass is 448 g/mol. The highest BCUT2D eigenvalue weighted by molar-refractivity contribution is 5.87. The molecule has 3 rings (SSSR count). The fraction of sp³-hybridized carbons (Fsp3) is 0.619. The lowest BCUT2D eigenvalue weighted by molar-refractivity contribution is -0.201. The molecule has 0 aromatic heterocycles. The minimum absolute atomic E-state index is 0.113. The van der Waals surface area contributed by atoms with Gasteiger partial charge < -0.3 is 9.64 Å². The summed E-state index contributed by atoms with van der Waals surface area (Å²) in [6.07, 6.45) is -6.00. The normalized spacial score (nSPS) is 23.5. The molecule has 31 heavy (non-hydrogen) atoms. The molecule has 172 valence electrons. The minimum atomic E-state index is -4.68. The summed E-state index contributed by atoms with van der Waals surface area (Å²) in [5, 5.41) is 0. The largest absolute Gasteiger partial charge is 0.444 e. The van der Waals surface area contributed by atoms with E-state index < -0.39 is 52.9 Å². The molecule has 10 heteroatoms. The number of benzene rings is 1. The summed E-state index contributed by atoms with van der Waals surface area (Å²) in [6, 6.07) is 1.29. The molecule has 2 amide bonds. The Morgan fingerprint density at radius 1 is 1.03 bits per heavy atom. The molecule has 1 heterocycles. The first-order chi connectivity index (χ1) is 14.2. The van der Waals surface area contributed by atoms with Gasteiger partial charge in [-0.05, 0) is 58.2 Å². The van der Waals surface area contributed by atoms with Crippen LogP contribution in [-0.2, 0) is 9.53 Å². The first kappa shape index (κ1) is 23.3. The van der Waals surface area contributed by atoms with Gasteiger partial charge in [-0.2, -0.15) is 13.2 Å². The van der Waals surface area contributed by atoms with Crippen LogP contribution in [0.25, 0.3) is 0 Å². The van der Waals surface area contributed by atoms with Gasteiger partial charge in [-0.15, -0.1) is 0 Å². The number of hydrogen-bond acceptors (Lipinski definition) is 3. The summed E-state index contributed by atoms with van der Waals surface area (Å²) in [7, 11) is 0. The molecule has 0 radical (unpaired) electrons. The Bertz CT molecular complexity index is 877. The molecule has 2 atom stereocenters. The molecule has 1 saturated carbocycles. The van der Waals surface area contributed by atoms with Gasteiger partial charge in [0, 0.05) is 19.1 Å². The average molecular weight is 448 g/mol. The fourth-order valence-corrected chi connectivity index (χ4v) is 3.80. The lowest BCUT2D eigenvalue weighted by atomic mass is 9.96. The second-order valence-electron chi connectivity index (χ2n) is 9.21. The SMILES string of the molecule is C[C@@H]1CN(C(=O)OC(C)(C)C)C(c2ccc(F)c(F)c2)CN1C(=O)C1(C(F)(F)F)CC1. The molecule has 1 saturated heterocycles. The van der Waals surface area contributed by atoms with Crippen LogP contribution in [0.15, 0.2) is 18.2 Å². The molecule has 1 unspecified atom stereocenters. The first-order valence-electron chi connectivity index (χ1n) is 9.99. The maximum atomic E-state index is 13.9. The van der Waals surface area contributed by atoms with E-state index in [0.717, 1.165) is 17.0 Å². The number of nitrogens with zero attached hydrogens (tertiary/aromatic N) is 2. The van der Waals surface area contributed by atoms with Crippen LogP contribution < -0.4 is 0 Å². The highest BCUT2D eigenvalue weighted by Crippen LogP contribution is 2.59. The van der Waals surface area contributed by atoms with Crippen LogP contribution in [0.2, 0.25) is 0 Å². The second kappa shape index (κ2) is 7.63. The van der Waals surface area contributed by atoms with Crippen LogP contribution in [0.1, 0.15) is 52.1 Å². The van der Waals surface area contributed by atoms with Crippen molar-refractivity contribution in [2.45, 2.75) is 64.4 Å². The lowest BCUT2D eigenvalue weighted by Crippen LogP contribution is -2.59. The minimum Gasteiger partial charge on any atom is -0.444 e. The van der Waals surface area contributed by atoms with Crippen molar-refractivity contribution in [3.05, 3.63) is 35.4 Å². The number of amides is 2. The summed E-state index contributed by atoms with van der Waals surface area (Å²) >= 11 is 0. The fourth-order valence-electron chi connectivity index (χ4n) is 3.80. The molecule has 0 N–H and O–H groups in total. The standard InChI is InChI=1S/C21H25F5N2O3/c1-12-10-28(18(30)31-19(2,3)4)16(13-5-6-14(22)15(23)9-13)11-27(12)17(29)20(7-8-20)21(24,25)26/h5-6,9,12,16H,7-8,10-11H2,1-4H3/t12-,16?/m1/s1. The molecule has 0 spiro atoms. The Labute approximate surface area is 177 Å². The smallest absolute Gasteiger partial charge is 0.410 e. The quantitative estimate of drug-likeness (QED) is 0.610. The van der Waals surface area contributed by atoms with Gasteiger partial charge >= 0.3 is 12.3 Å². The van der Waals surface area contributed by atoms with Gasteiger partial charge in [0.15, 0.2) is 11.6 Å². The van der Waals surface area contributed by atoms with Crippen molar-refractivity contribution in [1.29, 1.82) is 0 Å². The number of ether oxygens (including phenoxy) is 1. The number of carbonyl (C=O) groups is 2. The van der Waals surface area contributed by atoms with Gasteiger partial charge in [0.1, 0.15) is 11.0 Å². The summed E-state index contributed by atoms with van der Waals surface area (Å²) < 4.78 is 73.3. The van der Waals surface area contributed by atoms with Crippen molar-refractivity contribution in [2.24, 2.45) is 5.41 Å². The Morgan fingerprint density at radius 2 is 1.65 bits per heavy atom. The van der Waals surface area contributed by atoms with E-state index in [4.69, 9.17) is 4.74 Å². The maximum Gasteiger partial charge on any atom is 0.410 e. The van der Waals surface area contributed by atoms with Crippen LogP contribution >= 0.6 is 0 Å². The number of carbonyl (C=O) groups excluding carboxylic acids is 2. The van der Waals surface area contributed by atoms with E-state index in [-0.39, 0.29) is 31.5 Å².